The average Bonchev–Trinajstić information content (AvgIpc) is 2.86. The van der Waals surface area contributed by atoms with E-state index in [9.17, 15) is 4.79 Å². The second kappa shape index (κ2) is 4.95. The molecular formula is C10H17N5OS. The maximum atomic E-state index is 11.7. The van der Waals surface area contributed by atoms with Gasteiger partial charge in [-0.15, -0.1) is 5.10 Å². The Balaban J connectivity index is 1.77. The van der Waals surface area contributed by atoms with E-state index in [1.807, 2.05) is 11.8 Å². The molecule has 2 rings (SSSR count). The molecule has 7 heteroatoms. The quantitative estimate of drug-likeness (QED) is 0.806. The van der Waals surface area contributed by atoms with Gasteiger partial charge >= 0.3 is 0 Å². The Bertz CT molecular complexity index is 399. The number of anilines is 1. The van der Waals surface area contributed by atoms with Crippen molar-refractivity contribution in [2.45, 2.75) is 31.1 Å². The second-order valence-corrected chi connectivity index (χ2v) is 6.16. The molecule has 1 amide bonds. The molecule has 0 saturated carbocycles. The smallest absolute Gasteiger partial charge is 0.241 e. The van der Waals surface area contributed by atoms with Gasteiger partial charge in [0.2, 0.25) is 11.9 Å². The highest BCUT2D eigenvalue weighted by Gasteiger charge is 2.29. The Hall–Kier alpha value is -1.24. The van der Waals surface area contributed by atoms with E-state index in [1.165, 1.54) is 23.2 Å². The van der Waals surface area contributed by atoms with Gasteiger partial charge < -0.3 is 11.1 Å². The number of rotatable bonds is 4. The number of nitrogens with two attached hydrogens (primary N) is 1. The summed E-state index contributed by atoms with van der Waals surface area (Å²) in [6, 6.07) is 0. The Labute approximate surface area is 104 Å². The molecule has 0 bridgehead atoms. The molecule has 1 saturated heterocycles. The third kappa shape index (κ3) is 3.36. The minimum Gasteiger partial charge on any atom is -0.367 e. The van der Waals surface area contributed by atoms with E-state index in [0.29, 0.717) is 6.54 Å². The summed E-state index contributed by atoms with van der Waals surface area (Å²) in [5.74, 6) is 1.33. The Kier molecular flexibility index (Phi) is 3.56. The van der Waals surface area contributed by atoms with Crippen LogP contribution in [0.5, 0.6) is 0 Å². The van der Waals surface area contributed by atoms with Gasteiger partial charge in [0.15, 0.2) is 0 Å². The summed E-state index contributed by atoms with van der Waals surface area (Å²) < 4.78 is 1.63. The first kappa shape index (κ1) is 12.2. The lowest BCUT2D eigenvalue weighted by atomic mass is 10.1. The Morgan fingerprint density at radius 1 is 1.76 bits per heavy atom. The topological polar surface area (TPSA) is 85.8 Å². The van der Waals surface area contributed by atoms with E-state index in [4.69, 9.17) is 5.73 Å². The summed E-state index contributed by atoms with van der Waals surface area (Å²) in [6.45, 7) is 3.07. The maximum absolute atomic E-state index is 11.7. The molecular weight excluding hydrogens is 238 g/mol. The molecule has 0 aliphatic carbocycles. The fourth-order valence-corrected chi connectivity index (χ4v) is 3.09. The lowest BCUT2D eigenvalue weighted by Gasteiger charge is -2.22. The van der Waals surface area contributed by atoms with Crippen molar-refractivity contribution >= 4 is 23.6 Å². The number of hydrogen-bond donors (Lipinski definition) is 2. The third-order valence-electron chi connectivity index (χ3n) is 2.82. The van der Waals surface area contributed by atoms with Crippen LogP contribution in [0.2, 0.25) is 0 Å². The molecule has 1 atom stereocenters. The van der Waals surface area contributed by atoms with Gasteiger partial charge in [-0.1, -0.05) is 0 Å². The Morgan fingerprint density at radius 2 is 2.59 bits per heavy atom. The lowest BCUT2D eigenvalue weighted by Crippen LogP contribution is -2.38. The van der Waals surface area contributed by atoms with Crippen LogP contribution in [0.15, 0.2) is 6.33 Å². The molecule has 94 valence electrons. The summed E-state index contributed by atoms with van der Waals surface area (Å²) in [5.41, 5.74) is 5.37. The summed E-state index contributed by atoms with van der Waals surface area (Å²) in [6.07, 6.45) is 3.85. The molecule has 3 N–H and O–H groups in total. The van der Waals surface area contributed by atoms with Gasteiger partial charge in [-0.3, -0.25) is 4.79 Å². The second-order valence-electron chi connectivity index (χ2n) is 4.48. The highest BCUT2D eigenvalue weighted by molar-refractivity contribution is 8.00. The highest BCUT2D eigenvalue weighted by Crippen LogP contribution is 2.36. The molecule has 1 unspecified atom stereocenters. The normalized spacial score (nSPS) is 23.8. The van der Waals surface area contributed by atoms with Crippen LogP contribution in [0, 0.1) is 0 Å². The number of thioether (sulfide) groups is 1. The number of carbonyl (C=O) groups is 1. The predicted octanol–water partition coefficient (Wildman–Crippen LogP) is 0.262. The molecule has 2 heterocycles. The molecule has 1 aliphatic heterocycles. The van der Waals surface area contributed by atoms with Gasteiger partial charge in [0.1, 0.15) is 12.9 Å². The standard InChI is InChI=1S/C10H17N5OS/c1-10(3-2-4-17-10)6-12-8(16)5-15-7-13-9(11)14-15/h7H,2-6H2,1H3,(H2,11,14)(H,12,16). The lowest BCUT2D eigenvalue weighted by molar-refractivity contribution is -0.121. The van der Waals surface area contributed by atoms with Crippen LogP contribution in [0.3, 0.4) is 0 Å². The van der Waals surface area contributed by atoms with Crippen LogP contribution in [0.4, 0.5) is 5.95 Å². The molecule has 0 aromatic carbocycles. The number of nitrogen functional groups attached to an aromatic ring is 1. The molecule has 1 aliphatic rings. The zero-order valence-electron chi connectivity index (χ0n) is 9.85. The number of aromatic nitrogens is 3. The number of amides is 1. The van der Waals surface area contributed by atoms with Crippen molar-refractivity contribution in [1.82, 2.24) is 20.1 Å². The number of nitrogens with zero attached hydrogens (tertiary/aromatic N) is 3. The van der Waals surface area contributed by atoms with Crippen molar-refractivity contribution in [2.24, 2.45) is 0 Å². The molecule has 0 radical (unpaired) electrons. The van der Waals surface area contributed by atoms with Crippen LogP contribution in [-0.4, -0.2) is 37.7 Å². The van der Waals surface area contributed by atoms with Crippen LogP contribution in [0.25, 0.3) is 0 Å². The monoisotopic (exact) mass is 255 g/mol. The van der Waals surface area contributed by atoms with E-state index >= 15 is 0 Å². The van der Waals surface area contributed by atoms with Crippen molar-refractivity contribution in [3.05, 3.63) is 6.33 Å². The van der Waals surface area contributed by atoms with Gasteiger partial charge in [-0.2, -0.15) is 11.8 Å². The van der Waals surface area contributed by atoms with E-state index in [2.05, 4.69) is 22.3 Å². The van der Waals surface area contributed by atoms with Crippen molar-refractivity contribution in [1.29, 1.82) is 0 Å². The fraction of sp³-hybridized carbons (Fsp3) is 0.700. The summed E-state index contributed by atoms with van der Waals surface area (Å²) in [4.78, 5) is 15.4. The molecule has 1 aromatic heterocycles. The molecule has 1 fully saturated rings. The SMILES string of the molecule is CC1(CNC(=O)Cn2cnc(N)n2)CCCS1. The number of carbonyl (C=O) groups excluding carboxylic acids is 1. The van der Waals surface area contributed by atoms with Gasteiger partial charge in [0.05, 0.1) is 0 Å². The van der Waals surface area contributed by atoms with E-state index in [0.717, 1.165) is 6.42 Å². The van der Waals surface area contributed by atoms with E-state index in [1.54, 1.807) is 0 Å². The van der Waals surface area contributed by atoms with Gasteiger partial charge in [0.25, 0.3) is 0 Å². The van der Waals surface area contributed by atoms with E-state index < -0.39 is 0 Å². The minimum atomic E-state index is -0.0522. The van der Waals surface area contributed by atoms with E-state index in [-0.39, 0.29) is 23.1 Å². The maximum Gasteiger partial charge on any atom is 0.241 e. The largest absolute Gasteiger partial charge is 0.367 e. The first-order valence-corrected chi connectivity index (χ1v) is 6.62. The van der Waals surface area contributed by atoms with Crippen LogP contribution in [0.1, 0.15) is 19.8 Å². The van der Waals surface area contributed by atoms with Crippen molar-refractivity contribution < 1.29 is 4.79 Å². The van der Waals surface area contributed by atoms with Crippen molar-refractivity contribution in [3.8, 4) is 0 Å². The third-order valence-corrected chi connectivity index (χ3v) is 4.36. The summed E-state index contributed by atoms with van der Waals surface area (Å²) >= 11 is 1.93. The zero-order chi connectivity index (χ0) is 12.3. The first-order chi connectivity index (χ1) is 8.07. The highest BCUT2D eigenvalue weighted by atomic mass is 32.2. The molecule has 1 aromatic rings. The van der Waals surface area contributed by atoms with Crippen LogP contribution >= 0.6 is 11.8 Å². The average molecular weight is 255 g/mol. The summed E-state index contributed by atoms with van der Waals surface area (Å²) in [5, 5.41) is 6.80. The zero-order valence-corrected chi connectivity index (χ0v) is 10.7. The van der Waals surface area contributed by atoms with Gasteiger partial charge in [0, 0.05) is 11.3 Å². The van der Waals surface area contributed by atoms with Crippen molar-refractivity contribution in [2.75, 3.05) is 18.0 Å². The molecule has 6 nitrogen and oxygen atoms in total. The molecule has 17 heavy (non-hydrogen) atoms. The first-order valence-electron chi connectivity index (χ1n) is 5.63. The predicted molar refractivity (Wildman–Crippen MR) is 67.5 cm³/mol. The number of nitrogens with one attached hydrogen (secondary N) is 1. The van der Waals surface area contributed by atoms with Crippen molar-refractivity contribution in [3.63, 3.8) is 0 Å². The minimum absolute atomic E-state index is 0.0522. The summed E-state index contributed by atoms with van der Waals surface area (Å²) in [7, 11) is 0. The fourth-order valence-electron chi connectivity index (χ4n) is 1.85. The van der Waals surface area contributed by atoms with Crippen LogP contribution < -0.4 is 11.1 Å². The number of hydrogen-bond acceptors (Lipinski definition) is 5. The van der Waals surface area contributed by atoms with Gasteiger partial charge in [-0.25, -0.2) is 9.67 Å². The van der Waals surface area contributed by atoms with Gasteiger partial charge in [-0.05, 0) is 25.5 Å². The Morgan fingerprint density at radius 3 is 3.18 bits per heavy atom. The van der Waals surface area contributed by atoms with Crippen LogP contribution in [-0.2, 0) is 11.3 Å². The molecule has 0 spiro atoms.